The fourth-order valence-electron chi connectivity index (χ4n) is 3.62. The highest BCUT2D eigenvalue weighted by Crippen LogP contribution is 2.38. The summed E-state index contributed by atoms with van der Waals surface area (Å²) in [6.07, 6.45) is 3.06. The minimum Gasteiger partial charge on any atom is -0.475 e. The van der Waals surface area contributed by atoms with Crippen molar-refractivity contribution < 1.29 is 32.5 Å². The van der Waals surface area contributed by atoms with E-state index in [1.54, 1.807) is 6.20 Å². The molecule has 3 heterocycles. The lowest BCUT2D eigenvalue weighted by Gasteiger charge is -2.38. The number of rotatable bonds is 4. The van der Waals surface area contributed by atoms with E-state index in [9.17, 15) is 13.2 Å². The van der Waals surface area contributed by atoms with Crippen molar-refractivity contribution in [2.24, 2.45) is 5.92 Å². The first-order valence-electron chi connectivity index (χ1n) is 9.50. The molecule has 0 amide bonds. The molecule has 2 saturated heterocycles. The lowest BCUT2D eigenvalue weighted by molar-refractivity contribution is -0.192. The number of piperidine rings is 1. The van der Waals surface area contributed by atoms with Crippen LogP contribution in [0.3, 0.4) is 0 Å². The van der Waals surface area contributed by atoms with Gasteiger partial charge in [0.25, 0.3) is 0 Å². The van der Waals surface area contributed by atoms with E-state index >= 15 is 0 Å². The highest BCUT2D eigenvalue weighted by molar-refractivity contribution is 5.73. The molecule has 0 aromatic carbocycles. The Morgan fingerprint density at radius 3 is 2.54 bits per heavy atom. The van der Waals surface area contributed by atoms with Gasteiger partial charge in [0, 0.05) is 38.3 Å². The van der Waals surface area contributed by atoms with E-state index in [1.165, 1.54) is 32.5 Å². The standard InChI is InChI=1S/C17H24N2O2.C2HF3O2/c1-2-8-18-16(3-1)21-15-11-17(20-13-15)6-9-19(10-7-17)12-14-4-5-14;3-2(4,5)1(6)7/h1-3,8,14-15H,4-7,9-13H2;(H,6,7). The largest absolute Gasteiger partial charge is 0.490 e. The van der Waals surface area contributed by atoms with Gasteiger partial charge in [-0.2, -0.15) is 13.2 Å². The van der Waals surface area contributed by atoms with E-state index in [-0.39, 0.29) is 11.7 Å². The molecule has 9 heteroatoms. The second-order valence-corrected chi connectivity index (χ2v) is 7.65. The number of ether oxygens (including phenoxy) is 2. The first kappa shape index (κ1) is 20.9. The van der Waals surface area contributed by atoms with Gasteiger partial charge in [0.2, 0.25) is 5.88 Å². The number of carboxylic acid groups (broad SMARTS) is 1. The minimum atomic E-state index is -5.08. The van der Waals surface area contributed by atoms with Crippen molar-refractivity contribution in [3.63, 3.8) is 0 Å². The zero-order chi connectivity index (χ0) is 20.2. The van der Waals surface area contributed by atoms with Gasteiger partial charge in [0.1, 0.15) is 6.10 Å². The summed E-state index contributed by atoms with van der Waals surface area (Å²) in [5.41, 5.74) is 0.0689. The number of hydrogen-bond acceptors (Lipinski definition) is 5. The molecule has 4 rings (SSSR count). The van der Waals surface area contributed by atoms with Crippen molar-refractivity contribution in [1.82, 2.24) is 9.88 Å². The Bertz CT molecular complexity index is 644. The number of pyridine rings is 1. The third kappa shape index (κ3) is 6.07. The summed E-state index contributed by atoms with van der Waals surface area (Å²) < 4.78 is 43.8. The van der Waals surface area contributed by atoms with Gasteiger partial charge in [-0.25, -0.2) is 9.78 Å². The molecule has 3 aliphatic rings. The maximum atomic E-state index is 10.6. The maximum Gasteiger partial charge on any atom is 0.490 e. The maximum absolute atomic E-state index is 10.6. The van der Waals surface area contributed by atoms with Gasteiger partial charge in [0.05, 0.1) is 12.2 Å². The summed E-state index contributed by atoms with van der Waals surface area (Å²) in [4.78, 5) is 15.8. The normalized spacial score (nSPS) is 24.5. The molecular weight excluding hydrogens is 377 g/mol. The first-order valence-corrected chi connectivity index (χ1v) is 9.50. The van der Waals surface area contributed by atoms with Gasteiger partial charge >= 0.3 is 12.1 Å². The van der Waals surface area contributed by atoms with Crippen LogP contribution >= 0.6 is 0 Å². The Morgan fingerprint density at radius 2 is 2.00 bits per heavy atom. The Morgan fingerprint density at radius 1 is 1.32 bits per heavy atom. The molecule has 0 radical (unpaired) electrons. The molecule has 1 unspecified atom stereocenters. The van der Waals surface area contributed by atoms with E-state index < -0.39 is 12.1 Å². The molecule has 1 aromatic heterocycles. The van der Waals surface area contributed by atoms with Gasteiger partial charge in [-0.3, -0.25) is 0 Å². The number of hydrogen-bond donors (Lipinski definition) is 1. The molecule has 6 nitrogen and oxygen atoms in total. The zero-order valence-corrected chi connectivity index (χ0v) is 15.5. The van der Waals surface area contributed by atoms with E-state index in [1.807, 2.05) is 18.2 Å². The van der Waals surface area contributed by atoms with Crippen molar-refractivity contribution in [3.05, 3.63) is 24.4 Å². The number of nitrogens with zero attached hydrogens (tertiary/aromatic N) is 2. The van der Waals surface area contributed by atoms with Crippen molar-refractivity contribution in [1.29, 1.82) is 0 Å². The van der Waals surface area contributed by atoms with Gasteiger partial charge in [0.15, 0.2) is 0 Å². The number of alkyl halides is 3. The van der Waals surface area contributed by atoms with Crippen LogP contribution in [0.15, 0.2) is 24.4 Å². The molecule has 1 N–H and O–H groups in total. The molecule has 1 aliphatic carbocycles. The molecule has 1 spiro atoms. The summed E-state index contributed by atoms with van der Waals surface area (Å²) >= 11 is 0. The molecular formula is C19H25F3N2O4. The van der Waals surface area contributed by atoms with Crippen LogP contribution in [-0.2, 0) is 9.53 Å². The van der Waals surface area contributed by atoms with Crippen LogP contribution in [0.2, 0.25) is 0 Å². The number of aromatic nitrogens is 1. The minimum absolute atomic E-state index is 0.0689. The lowest BCUT2D eigenvalue weighted by atomic mass is 9.88. The van der Waals surface area contributed by atoms with Crippen LogP contribution in [0.5, 0.6) is 5.88 Å². The lowest BCUT2D eigenvalue weighted by Crippen LogP contribution is -2.45. The Balaban J connectivity index is 0.000000279. The topological polar surface area (TPSA) is 71.9 Å². The molecule has 156 valence electrons. The SMILES string of the molecule is O=C(O)C(F)(F)F.c1ccc(OC2COC3(CCN(CC4CC4)CC3)C2)nc1. The molecule has 1 saturated carbocycles. The highest BCUT2D eigenvalue weighted by Gasteiger charge is 2.44. The van der Waals surface area contributed by atoms with Gasteiger partial charge in [-0.1, -0.05) is 6.07 Å². The van der Waals surface area contributed by atoms with E-state index in [4.69, 9.17) is 19.4 Å². The summed E-state index contributed by atoms with van der Waals surface area (Å²) in [6, 6.07) is 5.79. The Kier molecular flexibility index (Phi) is 6.44. The third-order valence-electron chi connectivity index (χ3n) is 5.32. The average molecular weight is 402 g/mol. The predicted octanol–water partition coefficient (Wildman–Crippen LogP) is 3.13. The number of carbonyl (C=O) groups is 1. The smallest absolute Gasteiger partial charge is 0.475 e. The summed E-state index contributed by atoms with van der Waals surface area (Å²) in [7, 11) is 0. The van der Waals surface area contributed by atoms with Crippen LogP contribution in [-0.4, -0.2) is 65.1 Å². The predicted molar refractivity (Wildman–Crippen MR) is 94.0 cm³/mol. The van der Waals surface area contributed by atoms with Gasteiger partial charge < -0.3 is 19.5 Å². The number of carboxylic acids is 1. The summed E-state index contributed by atoms with van der Waals surface area (Å²) in [6.45, 7) is 4.39. The van der Waals surface area contributed by atoms with Crippen molar-refractivity contribution in [2.45, 2.75) is 50.0 Å². The number of likely N-dealkylation sites (tertiary alicyclic amines) is 1. The van der Waals surface area contributed by atoms with E-state index in [2.05, 4.69) is 9.88 Å². The van der Waals surface area contributed by atoms with Crippen LogP contribution in [0.25, 0.3) is 0 Å². The first-order chi connectivity index (χ1) is 13.3. The monoisotopic (exact) mass is 402 g/mol. The van der Waals surface area contributed by atoms with Crippen LogP contribution in [0.1, 0.15) is 32.1 Å². The molecule has 1 atom stereocenters. The molecule has 28 heavy (non-hydrogen) atoms. The van der Waals surface area contributed by atoms with E-state index in [0.717, 1.165) is 25.2 Å². The van der Waals surface area contributed by atoms with Crippen LogP contribution in [0.4, 0.5) is 13.2 Å². The van der Waals surface area contributed by atoms with Crippen LogP contribution in [0, 0.1) is 5.92 Å². The van der Waals surface area contributed by atoms with Crippen molar-refractivity contribution in [2.75, 3.05) is 26.2 Å². The second kappa shape index (κ2) is 8.65. The van der Waals surface area contributed by atoms with Gasteiger partial charge in [-0.15, -0.1) is 0 Å². The third-order valence-corrected chi connectivity index (χ3v) is 5.32. The molecule has 1 aromatic rings. The average Bonchev–Trinajstić information content (AvgIpc) is 3.39. The number of halogens is 3. The summed E-state index contributed by atoms with van der Waals surface area (Å²) in [5, 5.41) is 7.12. The molecule has 2 aliphatic heterocycles. The highest BCUT2D eigenvalue weighted by atomic mass is 19.4. The Hall–Kier alpha value is -1.87. The number of aliphatic carboxylic acids is 1. The molecule has 3 fully saturated rings. The van der Waals surface area contributed by atoms with Crippen molar-refractivity contribution in [3.8, 4) is 5.88 Å². The van der Waals surface area contributed by atoms with E-state index in [0.29, 0.717) is 12.5 Å². The zero-order valence-electron chi connectivity index (χ0n) is 15.5. The molecule has 0 bridgehead atoms. The second-order valence-electron chi connectivity index (χ2n) is 7.65. The fraction of sp³-hybridized carbons (Fsp3) is 0.684. The van der Waals surface area contributed by atoms with Crippen LogP contribution < -0.4 is 4.74 Å². The Labute approximate surface area is 161 Å². The van der Waals surface area contributed by atoms with Crippen molar-refractivity contribution >= 4 is 5.97 Å². The fourth-order valence-corrected chi connectivity index (χ4v) is 3.62. The van der Waals surface area contributed by atoms with Gasteiger partial charge in [-0.05, 0) is 37.7 Å². The quantitative estimate of drug-likeness (QED) is 0.834. The summed E-state index contributed by atoms with van der Waals surface area (Å²) in [5.74, 6) is -1.05.